The van der Waals surface area contributed by atoms with Crippen molar-refractivity contribution >= 4 is 6.09 Å². The molecular weight excluding hydrogens is 268 g/mol. The summed E-state index contributed by atoms with van der Waals surface area (Å²) in [7, 11) is 0. The highest BCUT2D eigenvalue weighted by Crippen LogP contribution is 2.45. The van der Waals surface area contributed by atoms with Gasteiger partial charge >= 0.3 is 6.09 Å². The number of carboxylic acid groups (broad SMARTS) is 1. The molecule has 2 fully saturated rings. The van der Waals surface area contributed by atoms with Crippen LogP contribution in [0.2, 0.25) is 0 Å². The topological polar surface area (TPSA) is 62.7 Å². The number of nitrogens with zero attached hydrogens (tertiary/aromatic N) is 2. The molecule has 1 aliphatic heterocycles. The summed E-state index contributed by atoms with van der Waals surface area (Å²) >= 11 is 0. The van der Waals surface area contributed by atoms with Crippen molar-refractivity contribution in [2.24, 2.45) is 5.41 Å². The summed E-state index contributed by atoms with van der Waals surface area (Å²) in [5, 5.41) is 9.03. The van der Waals surface area contributed by atoms with Gasteiger partial charge in [0.2, 0.25) is 0 Å². The molecule has 3 rings (SSSR count). The number of rotatable bonds is 2. The van der Waals surface area contributed by atoms with Crippen LogP contribution in [0.4, 0.5) is 4.79 Å². The van der Waals surface area contributed by atoms with Gasteiger partial charge in [-0.1, -0.05) is 0 Å². The van der Waals surface area contributed by atoms with Crippen molar-refractivity contribution in [3.05, 3.63) is 24.5 Å². The molecule has 0 aromatic carbocycles. The molecule has 2 aliphatic rings. The number of amides is 1. The lowest BCUT2D eigenvalue weighted by Gasteiger charge is -2.45. The molecule has 5 heteroatoms. The third-order valence-corrected chi connectivity index (χ3v) is 5.04. The van der Waals surface area contributed by atoms with Crippen molar-refractivity contribution in [3.8, 4) is 5.75 Å². The zero-order valence-corrected chi connectivity index (χ0v) is 12.2. The number of hydrogen-bond donors (Lipinski definition) is 1. The van der Waals surface area contributed by atoms with Crippen LogP contribution in [0, 0.1) is 5.41 Å². The maximum Gasteiger partial charge on any atom is 0.407 e. The standard InChI is InChI=1S/C16H22N2O3/c19-15(20)18-11-7-16(8-12-18)5-1-13(2-6-16)21-14-3-9-17-10-4-14/h3-4,9-10,13H,1-2,5-8,11-12H2,(H,19,20). The molecule has 21 heavy (non-hydrogen) atoms. The molecule has 1 spiro atoms. The van der Waals surface area contributed by atoms with Gasteiger partial charge in [0.25, 0.3) is 0 Å². The SMILES string of the molecule is O=C(O)N1CCC2(CCC(Oc3ccncc3)CC2)CC1. The summed E-state index contributed by atoms with van der Waals surface area (Å²) in [6.45, 7) is 1.37. The molecule has 5 nitrogen and oxygen atoms in total. The van der Waals surface area contributed by atoms with Crippen LogP contribution in [-0.2, 0) is 0 Å². The van der Waals surface area contributed by atoms with Gasteiger partial charge in [-0.15, -0.1) is 0 Å². The van der Waals surface area contributed by atoms with Gasteiger partial charge in [-0.25, -0.2) is 4.79 Å². The number of pyridine rings is 1. The first-order valence-corrected chi connectivity index (χ1v) is 7.71. The Balaban J connectivity index is 1.50. The molecule has 1 amide bonds. The number of piperidine rings is 1. The second-order valence-electron chi connectivity index (χ2n) is 6.27. The van der Waals surface area contributed by atoms with Gasteiger partial charge in [0.15, 0.2) is 0 Å². The van der Waals surface area contributed by atoms with Gasteiger partial charge in [0, 0.05) is 25.5 Å². The quantitative estimate of drug-likeness (QED) is 0.908. The molecule has 0 radical (unpaired) electrons. The molecule has 1 saturated carbocycles. The van der Waals surface area contributed by atoms with E-state index in [9.17, 15) is 4.79 Å². The van der Waals surface area contributed by atoms with Gasteiger partial charge in [0.1, 0.15) is 5.75 Å². The van der Waals surface area contributed by atoms with Gasteiger partial charge < -0.3 is 14.7 Å². The Morgan fingerprint density at radius 3 is 2.38 bits per heavy atom. The highest BCUT2D eigenvalue weighted by molar-refractivity contribution is 5.65. The maximum absolute atomic E-state index is 11.0. The fourth-order valence-corrected chi connectivity index (χ4v) is 3.60. The third-order valence-electron chi connectivity index (χ3n) is 5.04. The summed E-state index contributed by atoms with van der Waals surface area (Å²) in [5.41, 5.74) is 0.351. The predicted octanol–water partition coefficient (Wildman–Crippen LogP) is 3.16. The Labute approximate surface area is 124 Å². The molecule has 0 bridgehead atoms. The molecule has 114 valence electrons. The minimum atomic E-state index is -0.778. The number of likely N-dealkylation sites (tertiary alicyclic amines) is 1. The molecule has 1 N–H and O–H groups in total. The average molecular weight is 290 g/mol. The van der Waals surface area contributed by atoms with Crippen LogP contribution < -0.4 is 4.74 Å². The van der Waals surface area contributed by atoms with Crippen LogP contribution in [0.3, 0.4) is 0 Å². The Morgan fingerprint density at radius 1 is 1.19 bits per heavy atom. The number of ether oxygens (including phenoxy) is 1. The molecular formula is C16H22N2O3. The van der Waals surface area contributed by atoms with Gasteiger partial charge in [-0.05, 0) is 56.1 Å². The summed E-state index contributed by atoms with van der Waals surface area (Å²) < 4.78 is 6.00. The van der Waals surface area contributed by atoms with Crippen LogP contribution in [0.1, 0.15) is 38.5 Å². The number of carbonyl (C=O) groups is 1. The van der Waals surface area contributed by atoms with Crippen molar-refractivity contribution in [1.82, 2.24) is 9.88 Å². The fraction of sp³-hybridized carbons (Fsp3) is 0.625. The monoisotopic (exact) mass is 290 g/mol. The number of aromatic nitrogens is 1. The molecule has 1 aromatic rings. The van der Waals surface area contributed by atoms with Crippen molar-refractivity contribution in [3.63, 3.8) is 0 Å². The van der Waals surface area contributed by atoms with Crippen LogP contribution in [0.25, 0.3) is 0 Å². The zero-order chi connectivity index (χ0) is 14.7. The van der Waals surface area contributed by atoms with E-state index in [0.717, 1.165) is 44.3 Å². The summed E-state index contributed by atoms with van der Waals surface area (Å²) in [5.74, 6) is 0.895. The van der Waals surface area contributed by atoms with Crippen LogP contribution in [0.5, 0.6) is 5.75 Å². The summed E-state index contributed by atoms with van der Waals surface area (Å²) in [6, 6.07) is 3.80. The Hall–Kier alpha value is -1.78. The van der Waals surface area contributed by atoms with E-state index in [-0.39, 0.29) is 6.10 Å². The van der Waals surface area contributed by atoms with E-state index in [1.54, 1.807) is 17.3 Å². The first kappa shape index (κ1) is 14.2. The van der Waals surface area contributed by atoms with E-state index >= 15 is 0 Å². The fourth-order valence-electron chi connectivity index (χ4n) is 3.60. The molecule has 0 unspecified atom stereocenters. The molecule has 0 atom stereocenters. The van der Waals surface area contributed by atoms with Crippen molar-refractivity contribution in [2.45, 2.75) is 44.6 Å². The van der Waals surface area contributed by atoms with Crippen molar-refractivity contribution in [2.75, 3.05) is 13.1 Å². The normalized spacial score (nSPS) is 22.2. The smallest absolute Gasteiger partial charge is 0.407 e. The number of hydrogen-bond acceptors (Lipinski definition) is 3. The van der Waals surface area contributed by atoms with Gasteiger partial charge in [-0.3, -0.25) is 4.98 Å². The predicted molar refractivity (Wildman–Crippen MR) is 78.4 cm³/mol. The Morgan fingerprint density at radius 2 is 1.81 bits per heavy atom. The maximum atomic E-state index is 11.0. The van der Waals surface area contributed by atoms with Gasteiger partial charge in [-0.2, -0.15) is 0 Å². The van der Waals surface area contributed by atoms with E-state index < -0.39 is 6.09 Å². The second-order valence-corrected chi connectivity index (χ2v) is 6.27. The zero-order valence-electron chi connectivity index (χ0n) is 12.2. The summed E-state index contributed by atoms with van der Waals surface area (Å²) in [4.78, 5) is 16.5. The lowest BCUT2D eigenvalue weighted by molar-refractivity contribution is 0.0280. The average Bonchev–Trinajstić information content (AvgIpc) is 2.51. The van der Waals surface area contributed by atoms with Crippen molar-refractivity contribution in [1.29, 1.82) is 0 Å². The van der Waals surface area contributed by atoms with E-state index in [0.29, 0.717) is 18.5 Å². The Kier molecular flexibility index (Phi) is 3.99. The second kappa shape index (κ2) is 5.92. The highest BCUT2D eigenvalue weighted by Gasteiger charge is 2.39. The van der Waals surface area contributed by atoms with E-state index in [1.165, 1.54) is 0 Å². The van der Waals surface area contributed by atoms with Gasteiger partial charge in [0.05, 0.1) is 6.10 Å². The lowest BCUT2D eigenvalue weighted by atomic mass is 9.67. The third kappa shape index (κ3) is 3.28. The van der Waals surface area contributed by atoms with Crippen LogP contribution in [-0.4, -0.2) is 40.3 Å². The van der Waals surface area contributed by atoms with E-state index in [1.807, 2.05) is 12.1 Å². The molecule has 2 heterocycles. The molecule has 1 saturated heterocycles. The summed E-state index contributed by atoms with van der Waals surface area (Å²) in [6.07, 6.45) is 9.44. The molecule has 1 aromatic heterocycles. The van der Waals surface area contributed by atoms with Crippen LogP contribution in [0.15, 0.2) is 24.5 Å². The van der Waals surface area contributed by atoms with E-state index in [4.69, 9.17) is 9.84 Å². The lowest BCUT2D eigenvalue weighted by Crippen LogP contribution is -2.44. The molecule has 1 aliphatic carbocycles. The van der Waals surface area contributed by atoms with Crippen molar-refractivity contribution < 1.29 is 14.6 Å². The van der Waals surface area contributed by atoms with Crippen LogP contribution >= 0.6 is 0 Å². The first-order valence-electron chi connectivity index (χ1n) is 7.71. The minimum Gasteiger partial charge on any atom is -0.490 e. The Bertz CT molecular complexity index is 474. The first-order chi connectivity index (χ1) is 10.2. The highest BCUT2D eigenvalue weighted by atomic mass is 16.5. The minimum absolute atomic E-state index is 0.288. The largest absolute Gasteiger partial charge is 0.490 e. The van der Waals surface area contributed by atoms with E-state index in [2.05, 4.69) is 4.98 Å².